The second-order valence-electron chi connectivity index (χ2n) is 2.65. The molecule has 0 aromatic rings. The van der Waals surface area contributed by atoms with E-state index >= 15 is 0 Å². The first-order valence-corrected chi connectivity index (χ1v) is 3.66. The fourth-order valence-electron chi connectivity index (χ4n) is 0.843. The van der Waals surface area contributed by atoms with Gasteiger partial charge in [-0.2, -0.15) is 0 Å². The maximum Gasteiger partial charge on any atom is 0.0321 e. The average Bonchev–Trinajstić information content (AvgIpc) is 1.92. The monoisotopic (exact) mass is 143 g/mol. The molecule has 0 spiro atoms. The topological polar surface area (TPSA) is 41.4 Å². The Morgan fingerprint density at radius 2 is 2.40 bits per heavy atom. The molecule has 2 N–H and O–H groups in total. The summed E-state index contributed by atoms with van der Waals surface area (Å²) in [5.74, 6) is 0. The summed E-state index contributed by atoms with van der Waals surface area (Å²) in [6.45, 7) is 5.00. The summed E-state index contributed by atoms with van der Waals surface area (Å²) in [4.78, 5) is 0. The van der Waals surface area contributed by atoms with Crippen LogP contribution in [0.15, 0.2) is 0 Å². The maximum atomic E-state index is 4.08. The fraction of sp³-hybridized carbons (Fsp3) is 1.00. The molecular formula is C6H15N4-. The van der Waals surface area contributed by atoms with E-state index in [1.54, 1.807) is 0 Å². The number of nitrogens with one attached hydrogen (secondary N) is 2. The number of rotatable bonds is 0. The zero-order chi connectivity index (χ0) is 7.40. The third-order valence-electron chi connectivity index (χ3n) is 1.73. The van der Waals surface area contributed by atoms with Gasteiger partial charge in [0.2, 0.25) is 0 Å². The van der Waals surface area contributed by atoms with Crippen molar-refractivity contribution in [1.29, 1.82) is 0 Å². The van der Waals surface area contributed by atoms with Crippen molar-refractivity contribution in [2.24, 2.45) is 0 Å². The van der Waals surface area contributed by atoms with Gasteiger partial charge in [-0.25, -0.2) is 0 Å². The Labute approximate surface area is 61.9 Å². The van der Waals surface area contributed by atoms with Crippen molar-refractivity contribution in [3.05, 3.63) is 5.43 Å². The van der Waals surface area contributed by atoms with E-state index in [4.69, 9.17) is 0 Å². The lowest BCUT2D eigenvalue weighted by molar-refractivity contribution is 0.186. The molecule has 60 valence electrons. The molecule has 1 atom stereocenters. The van der Waals surface area contributed by atoms with Crippen LogP contribution in [0.4, 0.5) is 0 Å². The van der Waals surface area contributed by atoms with Gasteiger partial charge in [0.05, 0.1) is 0 Å². The molecule has 1 saturated heterocycles. The predicted molar refractivity (Wildman–Crippen MR) is 41.5 cm³/mol. The van der Waals surface area contributed by atoms with Gasteiger partial charge >= 0.3 is 0 Å². The Morgan fingerprint density at radius 1 is 1.60 bits per heavy atom. The van der Waals surface area contributed by atoms with E-state index in [2.05, 4.69) is 23.2 Å². The van der Waals surface area contributed by atoms with Crippen molar-refractivity contribution in [1.82, 2.24) is 15.9 Å². The second-order valence-corrected chi connectivity index (χ2v) is 2.65. The van der Waals surface area contributed by atoms with Crippen LogP contribution in [0.25, 0.3) is 5.43 Å². The fourth-order valence-corrected chi connectivity index (χ4v) is 0.843. The molecule has 1 rings (SSSR count). The second kappa shape index (κ2) is 3.88. The first-order valence-electron chi connectivity index (χ1n) is 3.66. The summed E-state index contributed by atoms with van der Waals surface area (Å²) in [6, 6.07) is 0.504. The van der Waals surface area contributed by atoms with Gasteiger partial charge in [-0.15, -0.1) is 6.54 Å². The minimum Gasteiger partial charge on any atom is -0.581 e. The Hall–Kier alpha value is -0.160. The number of hydrogen-bond donors (Lipinski definition) is 2. The predicted octanol–water partition coefficient (Wildman–Crippen LogP) is -0.297. The molecule has 1 aliphatic heterocycles. The van der Waals surface area contributed by atoms with E-state index in [9.17, 15) is 0 Å². The highest BCUT2D eigenvalue weighted by Gasteiger charge is 2.05. The Morgan fingerprint density at radius 3 is 3.20 bits per heavy atom. The minimum absolute atomic E-state index is 0.504. The highest BCUT2D eigenvalue weighted by Crippen LogP contribution is 1.93. The van der Waals surface area contributed by atoms with Crippen molar-refractivity contribution in [2.75, 3.05) is 26.7 Å². The molecule has 1 aliphatic rings. The number of hydrazine groups is 1. The van der Waals surface area contributed by atoms with Gasteiger partial charge in [-0.05, 0) is 13.5 Å². The van der Waals surface area contributed by atoms with Crippen molar-refractivity contribution < 1.29 is 0 Å². The van der Waals surface area contributed by atoms with Crippen LogP contribution in [0.2, 0.25) is 0 Å². The smallest absolute Gasteiger partial charge is 0.0321 e. The van der Waals surface area contributed by atoms with E-state index in [1.165, 1.54) is 0 Å². The molecule has 1 fully saturated rings. The molecule has 0 aromatic heterocycles. The van der Waals surface area contributed by atoms with Crippen molar-refractivity contribution >= 4 is 0 Å². The van der Waals surface area contributed by atoms with Crippen LogP contribution in [-0.4, -0.2) is 37.7 Å². The summed E-state index contributed by atoms with van der Waals surface area (Å²) in [5, 5.41) is 5.30. The molecule has 0 bridgehead atoms. The lowest BCUT2D eigenvalue weighted by Gasteiger charge is -2.37. The molecule has 0 radical (unpaired) electrons. The molecule has 10 heavy (non-hydrogen) atoms. The maximum absolute atomic E-state index is 4.08. The molecule has 1 heterocycles. The summed E-state index contributed by atoms with van der Waals surface area (Å²) < 4.78 is 0. The van der Waals surface area contributed by atoms with Crippen LogP contribution >= 0.6 is 0 Å². The molecule has 0 aromatic carbocycles. The van der Waals surface area contributed by atoms with E-state index < -0.39 is 0 Å². The van der Waals surface area contributed by atoms with Crippen molar-refractivity contribution in [2.45, 2.75) is 13.0 Å². The van der Waals surface area contributed by atoms with Crippen LogP contribution in [0.1, 0.15) is 6.92 Å². The van der Waals surface area contributed by atoms with Crippen LogP contribution < -0.4 is 10.9 Å². The van der Waals surface area contributed by atoms with E-state index in [1.807, 2.05) is 12.1 Å². The standard InChI is InChI=1S/C6H15N4/c1-6-5-7-3-4-8-9-10(6)2/h6-7,9H,3-5H2,1-2H3/q-1. The SMILES string of the molecule is CC1CNCC[N-]NN1C. The van der Waals surface area contributed by atoms with Gasteiger partial charge in [-0.1, -0.05) is 0 Å². The van der Waals surface area contributed by atoms with Gasteiger partial charge in [-0.3, -0.25) is 5.01 Å². The highest BCUT2D eigenvalue weighted by atomic mass is 15.7. The van der Waals surface area contributed by atoms with E-state index in [0.717, 1.165) is 19.6 Å². The molecule has 0 amide bonds. The van der Waals surface area contributed by atoms with Crippen molar-refractivity contribution in [3.8, 4) is 0 Å². The summed E-state index contributed by atoms with van der Waals surface area (Å²) >= 11 is 0. The zero-order valence-electron chi connectivity index (χ0n) is 6.59. The third-order valence-corrected chi connectivity index (χ3v) is 1.73. The van der Waals surface area contributed by atoms with Gasteiger partial charge < -0.3 is 16.3 Å². The minimum atomic E-state index is 0.504. The summed E-state index contributed by atoms with van der Waals surface area (Å²) in [6.07, 6.45) is 0. The normalized spacial score (nSPS) is 31.2. The van der Waals surface area contributed by atoms with Crippen LogP contribution in [0.3, 0.4) is 0 Å². The number of likely N-dealkylation sites (N-methyl/N-ethyl adjacent to an activating group) is 1. The van der Waals surface area contributed by atoms with Gasteiger partial charge in [0.1, 0.15) is 0 Å². The highest BCUT2D eigenvalue weighted by molar-refractivity contribution is 4.77. The lowest BCUT2D eigenvalue weighted by atomic mass is 10.3. The molecular weight excluding hydrogens is 128 g/mol. The van der Waals surface area contributed by atoms with Crippen LogP contribution in [0.5, 0.6) is 0 Å². The molecule has 4 nitrogen and oxygen atoms in total. The quantitative estimate of drug-likeness (QED) is 0.489. The summed E-state index contributed by atoms with van der Waals surface area (Å²) in [5.41, 5.74) is 7.03. The number of nitrogens with zero attached hydrogens (tertiary/aromatic N) is 2. The Kier molecular flexibility index (Phi) is 3.08. The van der Waals surface area contributed by atoms with Gasteiger partial charge in [0.25, 0.3) is 0 Å². The first kappa shape index (κ1) is 7.94. The first-order chi connectivity index (χ1) is 4.80. The van der Waals surface area contributed by atoms with Crippen molar-refractivity contribution in [3.63, 3.8) is 0 Å². The molecule has 0 saturated carbocycles. The largest absolute Gasteiger partial charge is 0.581 e. The number of hydrogen-bond acceptors (Lipinski definition) is 3. The lowest BCUT2D eigenvalue weighted by Crippen LogP contribution is -2.47. The summed E-state index contributed by atoms with van der Waals surface area (Å²) in [7, 11) is 2.00. The Bertz CT molecular complexity index is 83.7. The van der Waals surface area contributed by atoms with Crippen LogP contribution in [0, 0.1) is 0 Å². The average molecular weight is 143 g/mol. The van der Waals surface area contributed by atoms with E-state index in [0.29, 0.717) is 6.04 Å². The zero-order valence-corrected chi connectivity index (χ0v) is 6.59. The molecule has 1 unspecified atom stereocenters. The van der Waals surface area contributed by atoms with E-state index in [-0.39, 0.29) is 0 Å². The Balaban J connectivity index is 2.28. The van der Waals surface area contributed by atoms with Gasteiger partial charge in [0.15, 0.2) is 0 Å². The molecule has 0 aliphatic carbocycles. The van der Waals surface area contributed by atoms with Gasteiger partial charge in [0, 0.05) is 19.6 Å². The third kappa shape index (κ3) is 2.22. The molecule has 4 heteroatoms. The van der Waals surface area contributed by atoms with Crippen LogP contribution in [-0.2, 0) is 0 Å².